The van der Waals surface area contributed by atoms with Gasteiger partial charge in [0.1, 0.15) is 12.4 Å². The average molecular weight is 263 g/mol. The number of carboxylic acids is 1. The number of hydrogen-bond acceptors (Lipinski definition) is 3. The van der Waals surface area contributed by atoms with Gasteiger partial charge in [-0.1, -0.05) is 6.92 Å². The van der Waals surface area contributed by atoms with Crippen LogP contribution >= 0.6 is 0 Å². The van der Waals surface area contributed by atoms with Gasteiger partial charge < -0.3 is 15.2 Å². The number of benzene rings is 1. The topological polar surface area (TPSA) is 58.6 Å². The molecule has 1 saturated carbocycles. The number of rotatable bonds is 7. The Morgan fingerprint density at radius 3 is 2.53 bits per heavy atom. The molecule has 0 amide bonds. The molecule has 0 atom stereocenters. The first kappa shape index (κ1) is 13.9. The van der Waals surface area contributed by atoms with Gasteiger partial charge in [-0.3, -0.25) is 0 Å². The van der Waals surface area contributed by atoms with Gasteiger partial charge in [0, 0.05) is 12.1 Å². The summed E-state index contributed by atoms with van der Waals surface area (Å²) in [7, 11) is 0. The van der Waals surface area contributed by atoms with Crippen molar-refractivity contribution in [2.24, 2.45) is 0 Å². The van der Waals surface area contributed by atoms with Crippen molar-refractivity contribution in [2.75, 3.05) is 13.2 Å². The van der Waals surface area contributed by atoms with Gasteiger partial charge >= 0.3 is 5.97 Å². The van der Waals surface area contributed by atoms with Gasteiger partial charge in [0.15, 0.2) is 0 Å². The largest absolute Gasteiger partial charge is 0.492 e. The van der Waals surface area contributed by atoms with Crippen LogP contribution in [-0.2, 0) is 0 Å². The third-order valence-electron chi connectivity index (χ3n) is 3.96. The molecule has 4 nitrogen and oxygen atoms in total. The lowest BCUT2D eigenvalue weighted by Gasteiger charge is -2.42. The predicted molar refractivity (Wildman–Crippen MR) is 73.8 cm³/mol. The number of carbonyl (C=O) groups is 1. The summed E-state index contributed by atoms with van der Waals surface area (Å²) < 4.78 is 5.59. The highest BCUT2D eigenvalue weighted by atomic mass is 16.5. The van der Waals surface area contributed by atoms with E-state index in [4.69, 9.17) is 9.84 Å². The fourth-order valence-corrected chi connectivity index (χ4v) is 2.44. The zero-order chi connectivity index (χ0) is 13.7. The average Bonchev–Trinajstić information content (AvgIpc) is 2.37. The maximum absolute atomic E-state index is 10.7. The number of hydrogen-bond donors (Lipinski definition) is 2. The summed E-state index contributed by atoms with van der Waals surface area (Å²) >= 11 is 0. The number of aromatic carboxylic acids is 1. The van der Waals surface area contributed by atoms with Crippen LogP contribution in [0.15, 0.2) is 24.3 Å². The monoisotopic (exact) mass is 263 g/mol. The van der Waals surface area contributed by atoms with Gasteiger partial charge in [-0.05, 0) is 49.9 Å². The second kappa shape index (κ2) is 6.06. The highest BCUT2D eigenvalue weighted by molar-refractivity contribution is 5.87. The molecule has 1 aliphatic rings. The Bertz CT molecular complexity index is 418. The van der Waals surface area contributed by atoms with Crippen molar-refractivity contribution in [3.8, 4) is 5.75 Å². The Morgan fingerprint density at radius 1 is 1.37 bits per heavy atom. The van der Waals surface area contributed by atoms with Gasteiger partial charge in [0.05, 0.1) is 5.56 Å². The highest BCUT2D eigenvalue weighted by Gasteiger charge is 2.33. The molecule has 4 heteroatoms. The first-order valence-corrected chi connectivity index (χ1v) is 6.86. The van der Waals surface area contributed by atoms with Crippen LogP contribution < -0.4 is 10.1 Å². The molecule has 19 heavy (non-hydrogen) atoms. The van der Waals surface area contributed by atoms with Crippen molar-refractivity contribution in [3.05, 3.63) is 29.8 Å². The van der Waals surface area contributed by atoms with Crippen molar-refractivity contribution in [3.63, 3.8) is 0 Å². The summed E-state index contributed by atoms with van der Waals surface area (Å²) in [5, 5.41) is 12.4. The Morgan fingerprint density at radius 2 is 2.05 bits per heavy atom. The molecule has 0 saturated heterocycles. The molecule has 104 valence electrons. The van der Waals surface area contributed by atoms with Crippen molar-refractivity contribution >= 4 is 5.97 Å². The number of nitrogens with one attached hydrogen (secondary N) is 1. The molecule has 0 aliphatic heterocycles. The van der Waals surface area contributed by atoms with Gasteiger partial charge in [-0.15, -0.1) is 0 Å². The minimum atomic E-state index is -0.914. The maximum atomic E-state index is 10.7. The lowest BCUT2D eigenvalue weighted by Crippen LogP contribution is -2.51. The molecule has 1 aromatic rings. The summed E-state index contributed by atoms with van der Waals surface area (Å²) in [6, 6.07) is 6.51. The molecule has 0 spiro atoms. The highest BCUT2D eigenvalue weighted by Crippen LogP contribution is 2.34. The zero-order valence-electron chi connectivity index (χ0n) is 11.3. The summed E-state index contributed by atoms with van der Waals surface area (Å²) in [6.45, 7) is 3.65. The van der Waals surface area contributed by atoms with Crippen molar-refractivity contribution < 1.29 is 14.6 Å². The van der Waals surface area contributed by atoms with E-state index in [-0.39, 0.29) is 5.56 Å². The minimum Gasteiger partial charge on any atom is -0.492 e. The van der Waals surface area contributed by atoms with E-state index in [0.29, 0.717) is 17.9 Å². The van der Waals surface area contributed by atoms with Crippen molar-refractivity contribution in [2.45, 2.75) is 38.1 Å². The smallest absolute Gasteiger partial charge is 0.335 e. The van der Waals surface area contributed by atoms with E-state index in [2.05, 4.69) is 12.2 Å². The number of carboxylic acid groups (broad SMARTS) is 1. The van der Waals surface area contributed by atoms with E-state index >= 15 is 0 Å². The molecule has 0 aromatic heterocycles. The second-order valence-corrected chi connectivity index (χ2v) is 5.09. The lowest BCUT2D eigenvalue weighted by molar-refractivity contribution is 0.0697. The molecule has 0 bridgehead atoms. The van der Waals surface area contributed by atoms with Crippen LogP contribution in [0.3, 0.4) is 0 Å². The zero-order valence-corrected chi connectivity index (χ0v) is 11.3. The quantitative estimate of drug-likeness (QED) is 0.743. The van der Waals surface area contributed by atoms with Crippen LogP contribution in [0.5, 0.6) is 5.75 Å². The fraction of sp³-hybridized carbons (Fsp3) is 0.533. The lowest BCUT2D eigenvalue weighted by atomic mass is 9.75. The third kappa shape index (κ3) is 3.47. The van der Waals surface area contributed by atoms with Crippen LogP contribution in [0.1, 0.15) is 43.0 Å². The Kier molecular flexibility index (Phi) is 4.43. The Hall–Kier alpha value is -1.55. The molecule has 0 radical (unpaired) electrons. The van der Waals surface area contributed by atoms with E-state index < -0.39 is 5.97 Å². The third-order valence-corrected chi connectivity index (χ3v) is 3.96. The number of ether oxygens (including phenoxy) is 1. The van der Waals surface area contributed by atoms with Gasteiger partial charge in [0.2, 0.25) is 0 Å². The molecule has 2 rings (SSSR count). The molecule has 1 fully saturated rings. The van der Waals surface area contributed by atoms with Crippen molar-refractivity contribution in [1.82, 2.24) is 5.32 Å². The van der Waals surface area contributed by atoms with Gasteiger partial charge in [0.25, 0.3) is 0 Å². The van der Waals surface area contributed by atoms with Crippen LogP contribution in [-0.4, -0.2) is 29.8 Å². The SMILES string of the molecule is CCC1(NCCOc2ccc(C(=O)O)cc2)CCC1. The molecular weight excluding hydrogens is 242 g/mol. The molecule has 1 aromatic carbocycles. The molecular formula is C15H21NO3. The molecule has 2 N–H and O–H groups in total. The Balaban J connectivity index is 1.72. The summed E-state index contributed by atoms with van der Waals surface area (Å²) in [5.74, 6) is -0.200. The molecule has 1 aliphatic carbocycles. The molecule has 0 heterocycles. The van der Waals surface area contributed by atoms with E-state index in [1.54, 1.807) is 24.3 Å². The first-order chi connectivity index (χ1) is 9.15. The van der Waals surface area contributed by atoms with Crippen LogP contribution in [0, 0.1) is 0 Å². The predicted octanol–water partition coefficient (Wildman–Crippen LogP) is 2.69. The van der Waals surface area contributed by atoms with Gasteiger partial charge in [-0.2, -0.15) is 0 Å². The standard InChI is InChI=1S/C15H21NO3/c1-2-15(8-3-9-15)16-10-11-19-13-6-4-12(5-7-13)14(17)18/h4-7,16H,2-3,8-11H2,1H3,(H,17,18). The van der Waals surface area contributed by atoms with E-state index in [0.717, 1.165) is 6.54 Å². The Labute approximate surface area is 113 Å². The van der Waals surface area contributed by atoms with E-state index in [9.17, 15) is 4.79 Å². The minimum absolute atomic E-state index is 0.282. The van der Waals surface area contributed by atoms with Crippen LogP contribution in [0.2, 0.25) is 0 Å². The van der Waals surface area contributed by atoms with Crippen molar-refractivity contribution in [1.29, 1.82) is 0 Å². The summed E-state index contributed by atoms with van der Waals surface area (Å²) in [4.78, 5) is 10.7. The molecule has 0 unspecified atom stereocenters. The van der Waals surface area contributed by atoms with Crippen LogP contribution in [0.4, 0.5) is 0 Å². The van der Waals surface area contributed by atoms with E-state index in [1.807, 2.05) is 0 Å². The first-order valence-electron chi connectivity index (χ1n) is 6.86. The van der Waals surface area contributed by atoms with E-state index in [1.165, 1.54) is 25.7 Å². The fourth-order valence-electron chi connectivity index (χ4n) is 2.44. The normalized spacial score (nSPS) is 16.7. The van der Waals surface area contributed by atoms with Crippen LogP contribution in [0.25, 0.3) is 0 Å². The summed E-state index contributed by atoms with van der Waals surface area (Å²) in [5.41, 5.74) is 0.626. The van der Waals surface area contributed by atoms with Gasteiger partial charge in [-0.25, -0.2) is 4.79 Å². The summed E-state index contributed by atoms with van der Waals surface area (Å²) in [6.07, 6.45) is 5.01. The maximum Gasteiger partial charge on any atom is 0.335 e. The second-order valence-electron chi connectivity index (χ2n) is 5.09.